The highest BCUT2D eigenvalue weighted by atomic mass is 32.1. The highest BCUT2D eigenvalue weighted by Gasteiger charge is 2.34. The van der Waals surface area contributed by atoms with Crippen molar-refractivity contribution >= 4 is 29.2 Å². The summed E-state index contributed by atoms with van der Waals surface area (Å²) in [6.07, 6.45) is 9.44. The number of hydrogen-bond acceptors (Lipinski definition) is 6. The Kier molecular flexibility index (Phi) is 8.51. The summed E-state index contributed by atoms with van der Waals surface area (Å²) in [5, 5.41) is 5.13. The van der Waals surface area contributed by atoms with Crippen LogP contribution in [0.2, 0.25) is 0 Å². The Bertz CT molecular complexity index is 1710. The summed E-state index contributed by atoms with van der Waals surface area (Å²) in [6.45, 7) is 3.36. The first-order chi connectivity index (χ1) is 21.0. The van der Waals surface area contributed by atoms with Crippen molar-refractivity contribution in [1.29, 1.82) is 0 Å². The van der Waals surface area contributed by atoms with E-state index in [1.165, 1.54) is 23.2 Å². The van der Waals surface area contributed by atoms with Crippen molar-refractivity contribution < 1.29 is 9.59 Å². The third-order valence-electron chi connectivity index (χ3n) is 7.66. The van der Waals surface area contributed by atoms with Gasteiger partial charge in [0, 0.05) is 43.2 Å². The van der Waals surface area contributed by atoms with Crippen molar-refractivity contribution in [2.45, 2.75) is 38.9 Å². The predicted octanol–water partition coefficient (Wildman–Crippen LogP) is 5.27. The summed E-state index contributed by atoms with van der Waals surface area (Å²) in [5.74, 6) is -0.272. The van der Waals surface area contributed by atoms with E-state index in [0.717, 1.165) is 38.7 Å². The minimum absolute atomic E-state index is 0.0482. The molecule has 5 aromatic rings. The second-order valence-corrected chi connectivity index (χ2v) is 11.8. The number of hydrogen-bond donors (Lipinski definition) is 0. The first-order valence-electron chi connectivity index (χ1n) is 14.3. The average Bonchev–Trinajstić information content (AvgIpc) is 3.74. The van der Waals surface area contributed by atoms with Crippen LogP contribution in [0.1, 0.15) is 32.1 Å². The molecule has 1 atom stereocenters. The highest BCUT2D eigenvalue weighted by molar-refractivity contribution is 7.12. The first-order valence-corrected chi connectivity index (χ1v) is 15.1. The summed E-state index contributed by atoms with van der Waals surface area (Å²) < 4.78 is 1.68. The van der Waals surface area contributed by atoms with Gasteiger partial charge < -0.3 is 9.80 Å². The van der Waals surface area contributed by atoms with Crippen molar-refractivity contribution in [2.75, 3.05) is 6.54 Å². The fourth-order valence-corrected chi connectivity index (χ4v) is 6.09. The molecule has 216 valence electrons. The lowest BCUT2D eigenvalue weighted by molar-refractivity contribution is -0.144. The largest absolute Gasteiger partial charge is 0.336 e. The van der Waals surface area contributed by atoms with E-state index in [0.29, 0.717) is 19.5 Å². The molecule has 3 heterocycles. The standard InChI is InChI=1S/C34H32N6O2S/c1-25-36-20-31(43-25)15-16-33(41)39(21-27-11-13-30(14-12-27)40-24-35-23-37-40)32(19-26-7-3-2-4-8-26)34(42)38-18-17-28-9-5-6-10-29(28)22-38/h2-16,20,23-24,32H,17-19,21-22H2,1H3/t32-/m0/s1. The van der Waals surface area contributed by atoms with Gasteiger partial charge in [0.1, 0.15) is 18.7 Å². The first kappa shape index (κ1) is 28.2. The molecule has 8 nitrogen and oxygen atoms in total. The van der Waals surface area contributed by atoms with Crippen LogP contribution in [-0.4, -0.2) is 53.9 Å². The summed E-state index contributed by atoms with van der Waals surface area (Å²) in [6, 6.07) is 25.3. The number of nitrogens with zero attached hydrogens (tertiary/aromatic N) is 6. The van der Waals surface area contributed by atoms with Crippen LogP contribution >= 0.6 is 11.3 Å². The number of carbonyl (C=O) groups excluding carboxylic acids is 2. The average molecular weight is 589 g/mol. The third kappa shape index (κ3) is 6.79. The second kappa shape index (κ2) is 13.0. The summed E-state index contributed by atoms with van der Waals surface area (Å²) in [5.41, 5.74) is 5.20. The molecule has 0 saturated heterocycles. The van der Waals surface area contributed by atoms with Crippen molar-refractivity contribution in [3.63, 3.8) is 0 Å². The Labute approximate surface area is 255 Å². The van der Waals surface area contributed by atoms with E-state index < -0.39 is 6.04 Å². The number of rotatable bonds is 9. The van der Waals surface area contributed by atoms with Crippen LogP contribution in [0.5, 0.6) is 0 Å². The fraction of sp³-hybridized carbons (Fsp3) is 0.206. The van der Waals surface area contributed by atoms with E-state index in [-0.39, 0.29) is 18.4 Å². The smallest absolute Gasteiger partial charge is 0.247 e. The van der Waals surface area contributed by atoms with Gasteiger partial charge in [0.2, 0.25) is 11.8 Å². The molecule has 0 fully saturated rings. The lowest BCUT2D eigenvalue weighted by Crippen LogP contribution is -2.52. The molecule has 0 bridgehead atoms. The van der Waals surface area contributed by atoms with E-state index in [1.54, 1.807) is 34.3 Å². The van der Waals surface area contributed by atoms with Gasteiger partial charge in [-0.1, -0.05) is 66.7 Å². The number of thiazole rings is 1. The maximum Gasteiger partial charge on any atom is 0.247 e. The van der Waals surface area contributed by atoms with Crippen LogP contribution in [0.25, 0.3) is 11.8 Å². The van der Waals surface area contributed by atoms with Crippen LogP contribution in [0.15, 0.2) is 104 Å². The molecule has 9 heteroatoms. The van der Waals surface area contributed by atoms with Gasteiger partial charge in [0.25, 0.3) is 0 Å². The number of aryl methyl sites for hydroxylation is 1. The Morgan fingerprint density at radius 2 is 1.74 bits per heavy atom. The molecule has 0 N–H and O–H groups in total. The van der Waals surface area contributed by atoms with E-state index in [1.807, 2.05) is 78.6 Å². The zero-order valence-corrected chi connectivity index (χ0v) is 24.7. The molecule has 43 heavy (non-hydrogen) atoms. The third-order valence-corrected chi connectivity index (χ3v) is 8.54. The monoisotopic (exact) mass is 588 g/mol. The molecule has 0 spiro atoms. The second-order valence-electron chi connectivity index (χ2n) is 10.6. The zero-order chi connectivity index (χ0) is 29.6. The predicted molar refractivity (Wildman–Crippen MR) is 167 cm³/mol. The van der Waals surface area contributed by atoms with Crippen molar-refractivity contribution in [3.8, 4) is 5.69 Å². The topological polar surface area (TPSA) is 84.2 Å². The Hall–Kier alpha value is -4.89. The van der Waals surface area contributed by atoms with Gasteiger partial charge in [-0.05, 0) is 53.8 Å². The van der Waals surface area contributed by atoms with Crippen LogP contribution in [-0.2, 0) is 35.5 Å². The van der Waals surface area contributed by atoms with Crippen LogP contribution in [0, 0.1) is 6.92 Å². The maximum atomic E-state index is 14.4. The van der Waals surface area contributed by atoms with E-state index in [4.69, 9.17) is 0 Å². The minimum atomic E-state index is -0.692. The quantitative estimate of drug-likeness (QED) is 0.219. The van der Waals surface area contributed by atoms with Gasteiger partial charge in [-0.25, -0.2) is 14.6 Å². The van der Waals surface area contributed by atoms with E-state index in [2.05, 4.69) is 27.2 Å². The van der Waals surface area contributed by atoms with Gasteiger partial charge in [0.05, 0.1) is 10.7 Å². The molecule has 2 aromatic heterocycles. The summed E-state index contributed by atoms with van der Waals surface area (Å²) in [7, 11) is 0. The number of amides is 2. The molecule has 1 aliphatic heterocycles. The number of benzene rings is 3. The Balaban J connectivity index is 1.34. The zero-order valence-electron chi connectivity index (χ0n) is 23.9. The van der Waals surface area contributed by atoms with E-state index >= 15 is 0 Å². The molecule has 0 aliphatic carbocycles. The van der Waals surface area contributed by atoms with Gasteiger partial charge in [-0.15, -0.1) is 11.3 Å². The van der Waals surface area contributed by atoms with Crippen LogP contribution in [0.4, 0.5) is 0 Å². The lowest BCUT2D eigenvalue weighted by atomic mass is 9.97. The maximum absolute atomic E-state index is 14.4. The molecule has 1 aliphatic rings. The number of fused-ring (bicyclic) bond motifs is 1. The van der Waals surface area contributed by atoms with Crippen LogP contribution in [0.3, 0.4) is 0 Å². The summed E-state index contributed by atoms with van der Waals surface area (Å²) in [4.78, 5) is 41.3. The van der Waals surface area contributed by atoms with Gasteiger partial charge in [-0.2, -0.15) is 5.10 Å². The highest BCUT2D eigenvalue weighted by Crippen LogP contribution is 2.24. The normalized spacial score (nSPS) is 13.6. The van der Waals surface area contributed by atoms with Gasteiger partial charge in [0.15, 0.2) is 0 Å². The molecule has 0 radical (unpaired) electrons. The molecular weight excluding hydrogens is 556 g/mol. The van der Waals surface area contributed by atoms with Crippen LogP contribution < -0.4 is 0 Å². The number of carbonyl (C=O) groups is 2. The van der Waals surface area contributed by atoms with Gasteiger partial charge in [-0.3, -0.25) is 9.59 Å². The van der Waals surface area contributed by atoms with Gasteiger partial charge >= 0.3 is 0 Å². The van der Waals surface area contributed by atoms with Crippen molar-refractivity contribution in [1.82, 2.24) is 29.5 Å². The van der Waals surface area contributed by atoms with E-state index in [9.17, 15) is 9.59 Å². The fourth-order valence-electron chi connectivity index (χ4n) is 5.40. The summed E-state index contributed by atoms with van der Waals surface area (Å²) >= 11 is 1.52. The molecule has 3 aromatic carbocycles. The molecule has 6 rings (SSSR count). The molecule has 0 unspecified atom stereocenters. The SMILES string of the molecule is Cc1ncc(C=CC(=O)N(Cc2ccc(-n3cncn3)cc2)[C@@H](Cc2ccccc2)C(=O)N2CCc3ccccc3C2)s1. The Morgan fingerprint density at radius 3 is 2.47 bits per heavy atom. The lowest BCUT2D eigenvalue weighted by Gasteiger charge is -2.36. The van der Waals surface area contributed by atoms with Crippen molar-refractivity contribution in [3.05, 3.63) is 136 Å². The molecule has 0 saturated carbocycles. The number of aromatic nitrogens is 4. The molecule has 2 amide bonds. The van der Waals surface area contributed by atoms with Crippen molar-refractivity contribution in [2.24, 2.45) is 0 Å². The molecular formula is C34H32N6O2S. The minimum Gasteiger partial charge on any atom is -0.336 e. The Morgan fingerprint density at radius 1 is 0.977 bits per heavy atom.